The summed E-state index contributed by atoms with van der Waals surface area (Å²) in [6.45, 7) is 0. The zero-order chi connectivity index (χ0) is 16.1. The highest BCUT2D eigenvalue weighted by Crippen LogP contribution is 2.44. The van der Waals surface area contributed by atoms with Gasteiger partial charge in [-0.25, -0.2) is 9.97 Å². The minimum Gasteiger partial charge on any atom is -0.367 e. The summed E-state index contributed by atoms with van der Waals surface area (Å²) < 4.78 is 2.04. The third-order valence-corrected chi connectivity index (χ3v) is 5.86. The van der Waals surface area contributed by atoms with Crippen molar-refractivity contribution in [1.29, 1.82) is 0 Å². The summed E-state index contributed by atoms with van der Waals surface area (Å²) in [6.07, 6.45) is 11.1. The highest BCUT2D eigenvalue weighted by Gasteiger charge is 2.42. The lowest BCUT2D eigenvalue weighted by Gasteiger charge is -2.39. The molecule has 2 aliphatic heterocycles. The Labute approximate surface area is 142 Å². The molecular weight excluding hydrogens is 300 g/mol. The van der Waals surface area contributed by atoms with Crippen LogP contribution in [-0.2, 0) is 7.05 Å². The molecule has 24 heavy (non-hydrogen) atoms. The number of aryl methyl sites for hydroxylation is 1. The summed E-state index contributed by atoms with van der Waals surface area (Å²) >= 11 is 0. The fourth-order valence-corrected chi connectivity index (χ4v) is 4.58. The fraction of sp³-hybridized carbons (Fsp3) is 0.611. The van der Waals surface area contributed by atoms with Crippen LogP contribution in [0.25, 0.3) is 0 Å². The Hall–Kier alpha value is -2.11. The van der Waals surface area contributed by atoms with E-state index < -0.39 is 0 Å². The molecule has 1 N–H and O–H groups in total. The molecule has 3 fully saturated rings. The first kappa shape index (κ1) is 14.3. The summed E-state index contributed by atoms with van der Waals surface area (Å²) in [5, 5.41) is 7.85. The second-order valence-corrected chi connectivity index (χ2v) is 7.52. The maximum Gasteiger partial charge on any atom is 0.134 e. The molecule has 6 nitrogen and oxygen atoms in total. The Balaban J connectivity index is 1.38. The smallest absolute Gasteiger partial charge is 0.134 e. The van der Waals surface area contributed by atoms with Crippen LogP contribution in [0.2, 0.25) is 0 Å². The van der Waals surface area contributed by atoms with Gasteiger partial charge in [0.25, 0.3) is 0 Å². The van der Waals surface area contributed by atoms with E-state index in [0.29, 0.717) is 24.0 Å². The molecule has 5 rings (SSSR count). The van der Waals surface area contributed by atoms with Gasteiger partial charge in [-0.2, -0.15) is 5.10 Å². The first-order valence-electron chi connectivity index (χ1n) is 9.13. The number of nitrogens with one attached hydrogen (secondary N) is 1. The summed E-state index contributed by atoms with van der Waals surface area (Å²) in [6, 6.07) is 6.13. The second-order valence-electron chi connectivity index (χ2n) is 7.52. The van der Waals surface area contributed by atoms with Crippen molar-refractivity contribution in [3.05, 3.63) is 30.4 Å². The van der Waals surface area contributed by atoms with E-state index in [1.54, 1.807) is 6.33 Å². The topological polar surface area (TPSA) is 58.9 Å². The van der Waals surface area contributed by atoms with Crippen LogP contribution >= 0.6 is 0 Å². The van der Waals surface area contributed by atoms with E-state index >= 15 is 0 Å². The van der Waals surface area contributed by atoms with Gasteiger partial charge in [-0.15, -0.1) is 0 Å². The lowest BCUT2D eigenvalue weighted by molar-refractivity contribution is 0.398. The second kappa shape index (κ2) is 5.46. The molecule has 3 atom stereocenters. The van der Waals surface area contributed by atoms with Crippen molar-refractivity contribution in [3.8, 4) is 0 Å². The van der Waals surface area contributed by atoms with Crippen LogP contribution in [0.4, 0.5) is 11.6 Å². The van der Waals surface area contributed by atoms with Crippen molar-refractivity contribution in [2.24, 2.45) is 7.05 Å². The van der Waals surface area contributed by atoms with Crippen molar-refractivity contribution in [1.82, 2.24) is 19.7 Å². The van der Waals surface area contributed by atoms with Gasteiger partial charge in [0, 0.05) is 49.0 Å². The maximum atomic E-state index is 4.59. The monoisotopic (exact) mass is 324 g/mol. The minimum absolute atomic E-state index is 0.590. The van der Waals surface area contributed by atoms with Gasteiger partial charge in [-0.1, -0.05) is 0 Å². The molecule has 0 aromatic carbocycles. The Morgan fingerprint density at radius 3 is 2.54 bits per heavy atom. The Morgan fingerprint density at radius 1 is 1.08 bits per heavy atom. The Kier molecular flexibility index (Phi) is 3.24. The standard InChI is InChI=1S/C18H24N6/c1-23-16(6-7-21-23)12-8-14-4-5-15(9-12)24(14)18-10-17(19-11-20-18)22-13-2-3-13/h6-7,10-15H,2-5,8-9H2,1H3,(H,19,20,22)/t12?,14-,15+. The molecule has 4 heterocycles. The number of hydrogen-bond acceptors (Lipinski definition) is 5. The number of hydrogen-bond donors (Lipinski definition) is 1. The summed E-state index contributed by atoms with van der Waals surface area (Å²) in [7, 11) is 2.06. The minimum atomic E-state index is 0.590. The number of aromatic nitrogens is 4. The van der Waals surface area contributed by atoms with Gasteiger partial charge in [-0.05, 0) is 44.6 Å². The normalized spacial score (nSPS) is 29.0. The van der Waals surface area contributed by atoms with Gasteiger partial charge in [-0.3, -0.25) is 4.68 Å². The van der Waals surface area contributed by atoms with Crippen LogP contribution in [0.5, 0.6) is 0 Å². The zero-order valence-electron chi connectivity index (χ0n) is 14.1. The molecule has 126 valence electrons. The third-order valence-electron chi connectivity index (χ3n) is 5.86. The predicted octanol–water partition coefficient (Wildman–Crippen LogP) is 2.70. The summed E-state index contributed by atoms with van der Waals surface area (Å²) in [5.74, 6) is 2.71. The molecule has 1 saturated carbocycles. The van der Waals surface area contributed by atoms with E-state index in [1.165, 1.54) is 44.2 Å². The predicted molar refractivity (Wildman–Crippen MR) is 93.1 cm³/mol. The lowest BCUT2D eigenvalue weighted by atomic mass is 9.88. The van der Waals surface area contributed by atoms with Crippen molar-refractivity contribution in [2.75, 3.05) is 10.2 Å². The van der Waals surface area contributed by atoms with Gasteiger partial charge in [0.15, 0.2) is 0 Å². The number of piperidine rings is 1. The molecule has 6 heteroatoms. The molecule has 0 radical (unpaired) electrons. The molecule has 2 aromatic rings. The highest BCUT2D eigenvalue weighted by molar-refractivity contribution is 5.52. The highest BCUT2D eigenvalue weighted by atomic mass is 15.3. The van der Waals surface area contributed by atoms with Crippen LogP contribution in [0.1, 0.15) is 50.1 Å². The summed E-state index contributed by atoms with van der Waals surface area (Å²) in [5.41, 5.74) is 1.38. The molecule has 0 spiro atoms. The first-order chi connectivity index (χ1) is 11.8. The maximum absolute atomic E-state index is 4.59. The summed E-state index contributed by atoms with van der Waals surface area (Å²) in [4.78, 5) is 11.5. The van der Waals surface area contributed by atoms with Crippen LogP contribution < -0.4 is 10.2 Å². The number of fused-ring (bicyclic) bond motifs is 2. The average molecular weight is 324 g/mol. The van der Waals surface area contributed by atoms with Crippen molar-refractivity contribution in [2.45, 2.75) is 62.6 Å². The van der Waals surface area contributed by atoms with Crippen molar-refractivity contribution < 1.29 is 0 Å². The molecule has 3 aliphatic rings. The van der Waals surface area contributed by atoms with E-state index in [2.05, 4.69) is 44.5 Å². The third kappa shape index (κ3) is 2.44. The van der Waals surface area contributed by atoms with E-state index in [-0.39, 0.29) is 0 Å². The first-order valence-corrected chi connectivity index (χ1v) is 9.13. The molecule has 1 unspecified atom stereocenters. The van der Waals surface area contributed by atoms with Crippen LogP contribution in [-0.4, -0.2) is 37.9 Å². The molecule has 2 bridgehead atoms. The van der Waals surface area contributed by atoms with E-state index in [9.17, 15) is 0 Å². The quantitative estimate of drug-likeness (QED) is 0.937. The average Bonchev–Trinajstić information content (AvgIpc) is 3.23. The van der Waals surface area contributed by atoms with Crippen LogP contribution in [0, 0.1) is 0 Å². The fourth-order valence-electron chi connectivity index (χ4n) is 4.58. The van der Waals surface area contributed by atoms with E-state index in [4.69, 9.17) is 0 Å². The van der Waals surface area contributed by atoms with Gasteiger partial charge in [0.2, 0.25) is 0 Å². The van der Waals surface area contributed by atoms with Crippen molar-refractivity contribution >= 4 is 11.6 Å². The molecule has 1 aliphatic carbocycles. The Morgan fingerprint density at radius 2 is 1.88 bits per heavy atom. The zero-order valence-corrected chi connectivity index (χ0v) is 14.1. The number of nitrogens with zero attached hydrogens (tertiary/aromatic N) is 5. The molecular formula is C18H24N6. The van der Waals surface area contributed by atoms with Gasteiger partial charge in [0.05, 0.1) is 0 Å². The van der Waals surface area contributed by atoms with Gasteiger partial charge in [0.1, 0.15) is 18.0 Å². The SMILES string of the molecule is Cn1nccc1C1C[C@H]2CC[C@@H](C1)N2c1cc(NC2CC2)ncn1. The van der Waals surface area contributed by atoms with E-state index in [0.717, 1.165) is 11.6 Å². The van der Waals surface area contributed by atoms with Gasteiger partial charge < -0.3 is 10.2 Å². The van der Waals surface area contributed by atoms with Crippen molar-refractivity contribution in [3.63, 3.8) is 0 Å². The number of anilines is 2. The molecule has 0 amide bonds. The number of rotatable bonds is 4. The van der Waals surface area contributed by atoms with E-state index in [1.807, 2.05) is 10.9 Å². The Bertz CT molecular complexity index is 723. The van der Waals surface area contributed by atoms with Gasteiger partial charge >= 0.3 is 0 Å². The van der Waals surface area contributed by atoms with Crippen LogP contribution in [0.15, 0.2) is 24.7 Å². The lowest BCUT2D eigenvalue weighted by Crippen LogP contribution is -2.43. The van der Waals surface area contributed by atoms with Crippen LogP contribution in [0.3, 0.4) is 0 Å². The molecule has 2 aromatic heterocycles. The largest absolute Gasteiger partial charge is 0.367 e. The molecule has 2 saturated heterocycles.